The lowest BCUT2D eigenvalue weighted by molar-refractivity contribution is 0.122. The molecule has 0 saturated carbocycles. The molecule has 144 valence electrons. The Kier molecular flexibility index (Phi) is 5.17. The molecule has 0 atom stereocenters. The second-order valence-electron chi connectivity index (χ2n) is 7.00. The molecule has 1 fully saturated rings. The van der Waals surface area contributed by atoms with Gasteiger partial charge in [0.15, 0.2) is 0 Å². The predicted octanol–water partition coefficient (Wildman–Crippen LogP) is 1.80. The number of anilines is 1. The lowest BCUT2D eigenvalue weighted by atomic mass is 10.1. The Morgan fingerprint density at radius 1 is 1.04 bits per heavy atom. The van der Waals surface area contributed by atoms with Crippen molar-refractivity contribution < 1.29 is 4.74 Å². The molecule has 1 aliphatic heterocycles. The highest BCUT2D eigenvalue weighted by Gasteiger charge is 2.10. The van der Waals surface area contributed by atoms with Crippen molar-refractivity contribution in [3.63, 3.8) is 0 Å². The summed E-state index contributed by atoms with van der Waals surface area (Å²) in [4.78, 5) is 15.2. The van der Waals surface area contributed by atoms with E-state index in [0.717, 1.165) is 44.0 Å². The topological polar surface area (TPSA) is 50.3 Å². The maximum atomic E-state index is 12.9. The first kappa shape index (κ1) is 18.3. The minimum atomic E-state index is -0.0912. The summed E-state index contributed by atoms with van der Waals surface area (Å²) in [6, 6.07) is 16.3. The van der Waals surface area contributed by atoms with Gasteiger partial charge in [-0.15, -0.1) is 0 Å². The Labute approximate surface area is 164 Å². The van der Waals surface area contributed by atoms with E-state index in [1.54, 1.807) is 4.68 Å². The van der Waals surface area contributed by atoms with Crippen LogP contribution in [0.25, 0.3) is 18.3 Å². The van der Waals surface area contributed by atoms with Crippen molar-refractivity contribution >= 4 is 18.3 Å². The van der Waals surface area contributed by atoms with Gasteiger partial charge in [0.05, 0.1) is 29.5 Å². The van der Waals surface area contributed by atoms with Crippen molar-refractivity contribution in [2.45, 2.75) is 13.3 Å². The zero-order valence-corrected chi connectivity index (χ0v) is 16.1. The van der Waals surface area contributed by atoms with Gasteiger partial charge in [-0.3, -0.25) is 9.89 Å². The average Bonchev–Trinajstić information content (AvgIpc) is 3.03. The molecule has 0 spiro atoms. The lowest BCUT2D eigenvalue weighted by Crippen LogP contribution is -2.36. The molecule has 1 saturated heterocycles. The highest BCUT2D eigenvalue weighted by Crippen LogP contribution is 2.16. The molecule has 0 radical (unpaired) electrons. The van der Waals surface area contributed by atoms with Crippen LogP contribution in [0.4, 0.5) is 5.69 Å². The van der Waals surface area contributed by atoms with Crippen LogP contribution in [0, 0.1) is 0 Å². The zero-order chi connectivity index (χ0) is 19.5. The number of aromatic nitrogens is 2. The van der Waals surface area contributed by atoms with Crippen LogP contribution >= 0.6 is 0 Å². The second-order valence-corrected chi connectivity index (χ2v) is 7.00. The summed E-state index contributed by atoms with van der Waals surface area (Å²) < 4.78 is 6.96. The van der Waals surface area contributed by atoms with Gasteiger partial charge in [-0.05, 0) is 47.9 Å². The molecule has 5 nitrogen and oxygen atoms in total. The fourth-order valence-electron chi connectivity index (χ4n) is 3.48. The first-order valence-corrected chi connectivity index (χ1v) is 9.69. The molecule has 0 amide bonds. The molecular formula is C23H25N3O2. The molecule has 3 aromatic rings. The Bertz CT molecular complexity index is 1100. The largest absolute Gasteiger partial charge is 0.378 e. The number of rotatable bonds is 4. The monoisotopic (exact) mass is 375 g/mol. The van der Waals surface area contributed by atoms with Crippen LogP contribution in [0.5, 0.6) is 0 Å². The number of nitrogens with one attached hydrogen (secondary N) is 1. The quantitative estimate of drug-likeness (QED) is 0.757. The minimum absolute atomic E-state index is 0.0912. The summed E-state index contributed by atoms with van der Waals surface area (Å²) >= 11 is 0. The Balaban J connectivity index is 1.65. The van der Waals surface area contributed by atoms with E-state index in [-0.39, 0.29) is 5.56 Å². The van der Waals surface area contributed by atoms with Gasteiger partial charge in [-0.1, -0.05) is 37.8 Å². The number of nitrogens with zero attached hydrogens (tertiary/aromatic N) is 2. The number of benzene rings is 2. The van der Waals surface area contributed by atoms with Gasteiger partial charge in [0.25, 0.3) is 5.56 Å². The molecule has 28 heavy (non-hydrogen) atoms. The van der Waals surface area contributed by atoms with Crippen molar-refractivity contribution in [1.29, 1.82) is 0 Å². The van der Waals surface area contributed by atoms with Gasteiger partial charge < -0.3 is 9.64 Å². The van der Waals surface area contributed by atoms with E-state index in [1.165, 1.54) is 11.3 Å². The third-order valence-corrected chi connectivity index (χ3v) is 5.19. The van der Waals surface area contributed by atoms with E-state index in [0.29, 0.717) is 10.6 Å². The Morgan fingerprint density at radius 3 is 2.32 bits per heavy atom. The first-order chi connectivity index (χ1) is 13.7. The standard InChI is InChI=1S/C23H25N3O2/c1-3-18-4-10-21(11-5-18)26-23(27)22(17(2)24-26)16-19-6-8-20(9-7-19)25-12-14-28-15-13-25/h4-11,16,24H,2-3,12-15H2,1H3. The number of hydrogen-bond donors (Lipinski definition) is 1. The van der Waals surface area contributed by atoms with Crippen LogP contribution in [0.1, 0.15) is 18.1 Å². The van der Waals surface area contributed by atoms with Gasteiger partial charge in [0.1, 0.15) is 0 Å². The van der Waals surface area contributed by atoms with Gasteiger partial charge in [-0.25, -0.2) is 4.68 Å². The molecule has 0 aliphatic carbocycles. The summed E-state index contributed by atoms with van der Waals surface area (Å²) in [6.07, 6.45) is 2.86. The van der Waals surface area contributed by atoms with Crippen molar-refractivity contribution in [3.8, 4) is 5.69 Å². The lowest BCUT2D eigenvalue weighted by Gasteiger charge is -2.28. The van der Waals surface area contributed by atoms with Crippen molar-refractivity contribution in [3.05, 3.63) is 80.6 Å². The maximum absolute atomic E-state index is 12.9. The van der Waals surface area contributed by atoms with Crippen LogP contribution in [-0.2, 0) is 11.2 Å². The van der Waals surface area contributed by atoms with E-state index in [1.807, 2.05) is 42.5 Å². The normalized spacial score (nSPS) is 15.2. The molecule has 2 aromatic carbocycles. The van der Waals surface area contributed by atoms with Gasteiger partial charge in [-0.2, -0.15) is 0 Å². The molecule has 0 bridgehead atoms. The zero-order valence-electron chi connectivity index (χ0n) is 16.1. The fourth-order valence-corrected chi connectivity index (χ4v) is 3.48. The number of morpholine rings is 1. The van der Waals surface area contributed by atoms with Gasteiger partial charge in [0, 0.05) is 18.8 Å². The molecule has 1 aromatic heterocycles. The Hall–Kier alpha value is -3.05. The minimum Gasteiger partial charge on any atom is -0.378 e. The van der Waals surface area contributed by atoms with E-state index < -0.39 is 0 Å². The summed E-state index contributed by atoms with van der Waals surface area (Å²) in [5, 5.41) is 4.28. The molecule has 5 heteroatoms. The second kappa shape index (κ2) is 7.90. The number of aryl methyl sites for hydroxylation is 1. The van der Waals surface area contributed by atoms with Gasteiger partial charge >= 0.3 is 0 Å². The Morgan fingerprint density at radius 2 is 1.68 bits per heavy atom. The summed E-state index contributed by atoms with van der Waals surface area (Å²) in [5.41, 5.74) is 4.12. The number of aromatic amines is 1. The molecule has 1 N–H and O–H groups in total. The van der Waals surface area contributed by atoms with Crippen LogP contribution < -0.4 is 21.0 Å². The van der Waals surface area contributed by atoms with Crippen molar-refractivity contribution in [1.82, 2.24) is 9.78 Å². The number of ether oxygens (including phenoxy) is 1. The third kappa shape index (κ3) is 3.66. The molecule has 0 unspecified atom stereocenters. The maximum Gasteiger partial charge on any atom is 0.279 e. The average molecular weight is 375 g/mol. The highest BCUT2D eigenvalue weighted by atomic mass is 16.5. The highest BCUT2D eigenvalue weighted by molar-refractivity contribution is 5.56. The van der Waals surface area contributed by atoms with Crippen LogP contribution in [0.3, 0.4) is 0 Å². The SMILES string of the molecule is C=c1[nH]n(-c2ccc(CC)cc2)c(=O)c1=Cc1ccc(N2CCOCC2)cc1. The van der Waals surface area contributed by atoms with Crippen LogP contribution in [0.2, 0.25) is 0 Å². The predicted molar refractivity (Wildman–Crippen MR) is 114 cm³/mol. The summed E-state index contributed by atoms with van der Waals surface area (Å²) in [5.74, 6) is 0. The number of H-pyrrole nitrogens is 1. The summed E-state index contributed by atoms with van der Waals surface area (Å²) in [7, 11) is 0. The van der Waals surface area contributed by atoms with Crippen molar-refractivity contribution in [2.75, 3.05) is 31.2 Å². The van der Waals surface area contributed by atoms with Gasteiger partial charge in [0.2, 0.25) is 0 Å². The van der Waals surface area contributed by atoms with Crippen LogP contribution in [0.15, 0.2) is 53.3 Å². The smallest absolute Gasteiger partial charge is 0.279 e. The number of hydrogen-bond acceptors (Lipinski definition) is 3. The molecule has 2 heterocycles. The van der Waals surface area contributed by atoms with E-state index in [9.17, 15) is 4.79 Å². The summed E-state index contributed by atoms with van der Waals surface area (Å²) in [6.45, 7) is 9.48. The van der Waals surface area contributed by atoms with Crippen LogP contribution in [-0.4, -0.2) is 36.1 Å². The van der Waals surface area contributed by atoms with E-state index in [4.69, 9.17) is 4.74 Å². The van der Waals surface area contributed by atoms with Crippen molar-refractivity contribution in [2.24, 2.45) is 0 Å². The molecule has 1 aliphatic rings. The first-order valence-electron chi connectivity index (χ1n) is 9.69. The van der Waals surface area contributed by atoms with E-state index in [2.05, 4.69) is 35.6 Å². The van der Waals surface area contributed by atoms with E-state index >= 15 is 0 Å². The third-order valence-electron chi connectivity index (χ3n) is 5.19. The fraction of sp³-hybridized carbons (Fsp3) is 0.261. The molecule has 4 rings (SSSR count). The molecular weight excluding hydrogens is 350 g/mol.